The van der Waals surface area contributed by atoms with E-state index in [0.29, 0.717) is 18.7 Å². The molecule has 1 unspecified atom stereocenters. The van der Waals surface area contributed by atoms with E-state index in [0.717, 1.165) is 27.3 Å². The lowest BCUT2D eigenvalue weighted by Gasteiger charge is -2.33. The SMILES string of the molecule is CCNC(=O)C(CC)N(Cc1ccccc1)C(=O)CN(c1ccc(C)cc1C)S(C)(=O)=O. The van der Waals surface area contributed by atoms with Gasteiger partial charge in [-0.1, -0.05) is 55.0 Å². The summed E-state index contributed by atoms with van der Waals surface area (Å²) in [5.41, 5.74) is 3.07. The molecular weight excluding hydrogens is 426 g/mol. The van der Waals surface area contributed by atoms with Crippen LogP contribution in [0.2, 0.25) is 0 Å². The van der Waals surface area contributed by atoms with Gasteiger partial charge in [0.2, 0.25) is 21.8 Å². The summed E-state index contributed by atoms with van der Waals surface area (Å²) in [6.07, 6.45) is 1.50. The molecule has 2 aromatic carbocycles. The van der Waals surface area contributed by atoms with Gasteiger partial charge < -0.3 is 10.2 Å². The number of aryl methyl sites for hydroxylation is 2. The smallest absolute Gasteiger partial charge is 0.244 e. The largest absolute Gasteiger partial charge is 0.355 e. The first kappa shape index (κ1) is 25.4. The standard InChI is InChI=1S/C24H33N3O4S/c1-6-21(24(29)25-7-2)26(16-20-11-9-8-10-12-20)23(28)17-27(32(5,30)31)22-14-13-18(3)15-19(22)4/h8-15,21H,6-7,16-17H2,1-5H3,(H,25,29). The van der Waals surface area contributed by atoms with Gasteiger partial charge in [-0.2, -0.15) is 0 Å². The van der Waals surface area contributed by atoms with E-state index in [1.807, 2.05) is 70.2 Å². The van der Waals surface area contributed by atoms with Crippen molar-refractivity contribution in [2.24, 2.45) is 0 Å². The maximum Gasteiger partial charge on any atom is 0.244 e. The zero-order valence-corrected chi connectivity index (χ0v) is 20.3. The molecule has 1 N–H and O–H groups in total. The van der Waals surface area contributed by atoms with E-state index in [4.69, 9.17) is 0 Å². The fraction of sp³-hybridized carbons (Fsp3) is 0.417. The van der Waals surface area contributed by atoms with Gasteiger partial charge in [0.05, 0.1) is 11.9 Å². The van der Waals surface area contributed by atoms with Gasteiger partial charge in [0.15, 0.2) is 0 Å². The van der Waals surface area contributed by atoms with Crippen LogP contribution < -0.4 is 9.62 Å². The molecule has 0 aliphatic carbocycles. The van der Waals surface area contributed by atoms with Crippen LogP contribution in [-0.2, 0) is 26.2 Å². The fourth-order valence-electron chi connectivity index (χ4n) is 3.67. The Morgan fingerprint density at radius 1 is 1.03 bits per heavy atom. The molecule has 0 bridgehead atoms. The van der Waals surface area contributed by atoms with Crippen LogP contribution in [0.15, 0.2) is 48.5 Å². The molecule has 32 heavy (non-hydrogen) atoms. The Kier molecular flexibility index (Phi) is 8.83. The average molecular weight is 460 g/mol. The molecule has 0 saturated heterocycles. The highest BCUT2D eigenvalue weighted by Crippen LogP contribution is 2.24. The number of sulfonamides is 1. The van der Waals surface area contributed by atoms with E-state index in [9.17, 15) is 18.0 Å². The topological polar surface area (TPSA) is 86.8 Å². The Bertz CT molecular complexity index is 1040. The summed E-state index contributed by atoms with van der Waals surface area (Å²) in [6, 6.07) is 14.1. The molecule has 174 valence electrons. The second-order valence-electron chi connectivity index (χ2n) is 7.89. The molecule has 0 aliphatic heterocycles. The van der Waals surface area contributed by atoms with Crippen LogP contribution in [-0.4, -0.2) is 50.5 Å². The third-order valence-electron chi connectivity index (χ3n) is 5.23. The first-order chi connectivity index (χ1) is 15.1. The quantitative estimate of drug-likeness (QED) is 0.592. The predicted octanol–water partition coefficient (Wildman–Crippen LogP) is 3.01. The third-order valence-corrected chi connectivity index (χ3v) is 6.36. The van der Waals surface area contributed by atoms with Gasteiger partial charge in [0.1, 0.15) is 12.6 Å². The van der Waals surface area contributed by atoms with Crippen LogP contribution in [0.5, 0.6) is 0 Å². The number of anilines is 1. The Morgan fingerprint density at radius 2 is 1.69 bits per heavy atom. The second kappa shape index (κ2) is 11.1. The monoisotopic (exact) mass is 459 g/mol. The third kappa shape index (κ3) is 6.56. The van der Waals surface area contributed by atoms with Crippen molar-refractivity contribution in [1.29, 1.82) is 0 Å². The summed E-state index contributed by atoms with van der Waals surface area (Å²) < 4.78 is 26.4. The lowest BCUT2D eigenvalue weighted by Crippen LogP contribution is -2.52. The fourth-order valence-corrected chi connectivity index (χ4v) is 4.58. The lowest BCUT2D eigenvalue weighted by molar-refractivity contribution is -0.140. The second-order valence-corrected chi connectivity index (χ2v) is 9.79. The number of nitrogens with one attached hydrogen (secondary N) is 1. The molecule has 2 amide bonds. The van der Waals surface area contributed by atoms with Gasteiger partial charge in [0, 0.05) is 13.1 Å². The maximum atomic E-state index is 13.5. The number of amides is 2. The van der Waals surface area contributed by atoms with Crippen molar-refractivity contribution in [1.82, 2.24) is 10.2 Å². The van der Waals surface area contributed by atoms with Crippen LogP contribution in [0, 0.1) is 13.8 Å². The molecular formula is C24H33N3O4S. The van der Waals surface area contributed by atoms with Crippen LogP contribution in [0.3, 0.4) is 0 Å². The molecule has 8 heteroatoms. The Hall–Kier alpha value is -2.87. The molecule has 2 rings (SSSR count). The highest BCUT2D eigenvalue weighted by molar-refractivity contribution is 7.92. The van der Waals surface area contributed by atoms with Crippen LogP contribution >= 0.6 is 0 Å². The molecule has 0 spiro atoms. The zero-order valence-electron chi connectivity index (χ0n) is 19.5. The van der Waals surface area contributed by atoms with Gasteiger partial charge in [-0.25, -0.2) is 8.42 Å². The number of carbonyl (C=O) groups is 2. The van der Waals surface area contributed by atoms with Gasteiger partial charge in [-0.05, 0) is 44.4 Å². The maximum absolute atomic E-state index is 13.5. The molecule has 0 radical (unpaired) electrons. The van der Waals surface area contributed by atoms with Crippen molar-refractivity contribution in [3.63, 3.8) is 0 Å². The van der Waals surface area contributed by atoms with Crippen molar-refractivity contribution < 1.29 is 18.0 Å². The van der Waals surface area contributed by atoms with Gasteiger partial charge in [-0.15, -0.1) is 0 Å². The van der Waals surface area contributed by atoms with Gasteiger partial charge in [0.25, 0.3) is 0 Å². The minimum Gasteiger partial charge on any atom is -0.355 e. The number of rotatable bonds is 10. The highest BCUT2D eigenvalue weighted by atomic mass is 32.2. The van der Waals surface area contributed by atoms with E-state index >= 15 is 0 Å². The van der Waals surface area contributed by atoms with Crippen molar-refractivity contribution in [3.8, 4) is 0 Å². The van der Waals surface area contributed by atoms with E-state index in [-0.39, 0.29) is 19.0 Å². The summed E-state index contributed by atoms with van der Waals surface area (Å²) in [4.78, 5) is 27.7. The summed E-state index contributed by atoms with van der Waals surface area (Å²) >= 11 is 0. The van der Waals surface area contributed by atoms with Crippen molar-refractivity contribution in [3.05, 3.63) is 65.2 Å². The first-order valence-corrected chi connectivity index (χ1v) is 12.6. The number of hydrogen-bond acceptors (Lipinski definition) is 4. The number of nitrogens with zero attached hydrogens (tertiary/aromatic N) is 2. The van der Waals surface area contributed by atoms with Crippen LogP contribution in [0.25, 0.3) is 0 Å². The molecule has 0 aromatic heterocycles. The normalized spacial score (nSPS) is 12.2. The Morgan fingerprint density at radius 3 is 2.22 bits per heavy atom. The zero-order chi connectivity index (χ0) is 23.9. The van der Waals surface area contributed by atoms with Crippen molar-refractivity contribution in [2.45, 2.75) is 46.7 Å². The number of hydrogen-bond donors (Lipinski definition) is 1. The Labute approximate surface area is 191 Å². The van der Waals surface area contributed by atoms with E-state index < -0.39 is 22.0 Å². The lowest BCUT2D eigenvalue weighted by atomic mass is 10.1. The summed E-state index contributed by atoms with van der Waals surface area (Å²) in [5, 5.41) is 2.78. The Balaban J connectivity index is 2.44. The molecule has 7 nitrogen and oxygen atoms in total. The highest BCUT2D eigenvalue weighted by Gasteiger charge is 2.31. The minimum absolute atomic E-state index is 0.208. The summed E-state index contributed by atoms with van der Waals surface area (Å²) in [7, 11) is -3.73. The number of carbonyl (C=O) groups excluding carboxylic acids is 2. The number of likely N-dealkylation sites (N-methyl/N-ethyl adjacent to an activating group) is 1. The van der Waals surface area contributed by atoms with Crippen molar-refractivity contribution >= 4 is 27.5 Å². The van der Waals surface area contributed by atoms with E-state index in [1.54, 1.807) is 6.07 Å². The van der Waals surface area contributed by atoms with Crippen LogP contribution in [0.4, 0.5) is 5.69 Å². The first-order valence-electron chi connectivity index (χ1n) is 10.7. The minimum atomic E-state index is -3.73. The molecule has 0 heterocycles. The predicted molar refractivity (Wildman–Crippen MR) is 128 cm³/mol. The average Bonchev–Trinajstić information content (AvgIpc) is 2.72. The number of benzene rings is 2. The summed E-state index contributed by atoms with van der Waals surface area (Å²) in [5.74, 6) is -0.686. The van der Waals surface area contributed by atoms with Crippen LogP contribution in [0.1, 0.15) is 37.0 Å². The molecule has 2 aromatic rings. The van der Waals surface area contributed by atoms with Crippen molar-refractivity contribution in [2.75, 3.05) is 23.7 Å². The molecule has 0 saturated carbocycles. The van der Waals surface area contributed by atoms with E-state index in [1.165, 1.54) is 4.90 Å². The summed E-state index contributed by atoms with van der Waals surface area (Å²) in [6.45, 7) is 7.66. The van der Waals surface area contributed by atoms with Gasteiger partial charge in [-0.3, -0.25) is 13.9 Å². The molecule has 0 fully saturated rings. The van der Waals surface area contributed by atoms with E-state index in [2.05, 4.69) is 5.32 Å². The molecule has 1 atom stereocenters. The van der Waals surface area contributed by atoms with Gasteiger partial charge >= 0.3 is 0 Å². The molecule has 0 aliphatic rings.